The van der Waals surface area contributed by atoms with Crippen LogP contribution >= 0.6 is 0 Å². The molecule has 1 atom stereocenters. The lowest BCUT2D eigenvalue weighted by Crippen LogP contribution is -2.40. The smallest absolute Gasteiger partial charge is 0.0933 e. The zero-order valence-corrected chi connectivity index (χ0v) is 11.4. The lowest BCUT2D eigenvalue weighted by molar-refractivity contribution is -0.0363. The fourth-order valence-corrected chi connectivity index (χ4v) is 1.92. The van der Waals surface area contributed by atoms with E-state index in [4.69, 9.17) is 14.2 Å². The van der Waals surface area contributed by atoms with E-state index in [1.807, 2.05) is 25.1 Å². The molecule has 2 heterocycles. The minimum atomic E-state index is 0.153. The molecule has 0 bridgehead atoms. The Bertz CT molecular complexity index is 367. The molecule has 1 saturated heterocycles. The maximum absolute atomic E-state index is 5.65. The number of hydrogen-bond donors (Lipinski definition) is 1. The molecule has 1 N–H and O–H groups in total. The van der Waals surface area contributed by atoms with E-state index in [2.05, 4.69) is 10.3 Å². The van der Waals surface area contributed by atoms with Crippen LogP contribution < -0.4 is 5.32 Å². The molecule has 5 nitrogen and oxygen atoms in total. The topological polar surface area (TPSA) is 52.6 Å². The first kappa shape index (κ1) is 14.4. The molecule has 5 heteroatoms. The highest BCUT2D eigenvalue weighted by atomic mass is 16.5. The van der Waals surface area contributed by atoms with Crippen LogP contribution in [0.1, 0.15) is 18.3 Å². The summed E-state index contributed by atoms with van der Waals surface area (Å²) >= 11 is 0. The first-order valence-electron chi connectivity index (χ1n) is 6.81. The van der Waals surface area contributed by atoms with Gasteiger partial charge >= 0.3 is 0 Å². The van der Waals surface area contributed by atoms with E-state index in [9.17, 15) is 0 Å². The third-order valence-corrected chi connectivity index (χ3v) is 2.88. The van der Waals surface area contributed by atoms with Gasteiger partial charge in [-0.05, 0) is 19.1 Å². The first-order valence-corrected chi connectivity index (χ1v) is 6.81. The number of pyridine rings is 1. The third-order valence-electron chi connectivity index (χ3n) is 2.88. The average Bonchev–Trinajstić information content (AvgIpc) is 2.47. The molecule has 1 aliphatic rings. The molecule has 0 aliphatic carbocycles. The summed E-state index contributed by atoms with van der Waals surface area (Å²) < 4.78 is 16.6. The van der Waals surface area contributed by atoms with E-state index in [0.29, 0.717) is 26.4 Å². The van der Waals surface area contributed by atoms with E-state index in [1.165, 1.54) is 0 Å². The molecule has 1 fully saturated rings. The molecule has 19 heavy (non-hydrogen) atoms. The van der Waals surface area contributed by atoms with Crippen LogP contribution in [-0.2, 0) is 27.4 Å². The van der Waals surface area contributed by atoms with Gasteiger partial charge < -0.3 is 19.5 Å². The van der Waals surface area contributed by atoms with Gasteiger partial charge in [-0.3, -0.25) is 4.98 Å². The van der Waals surface area contributed by atoms with Crippen LogP contribution in [0.4, 0.5) is 0 Å². The van der Waals surface area contributed by atoms with Crippen molar-refractivity contribution in [1.82, 2.24) is 10.3 Å². The summed E-state index contributed by atoms with van der Waals surface area (Å²) in [7, 11) is 0. The maximum atomic E-state index is 5.65. The average molecular weight is 266 g/mol. The summed E-state index contributed by atoms with van der Waals surface area (Å²) in [6.07, 6.45) is 0.153. The Kier molecular flexibility index (Phi) is 6.23. The predicted octanol–water partition coefficient (Wildman–Crippen LogP) is 1.12. The Morgan fingerprint density at radius 3 is 2.79 bits per heavy atom. The standard InChI is InChI=1S/C14H22N2O3/c1-2-17-9-12-4-3-5-13(16-12)10-18-11-14-8-15-6-7-19-14/h3-5,14-15H,2,6-11H2,1H3/t14-/m0/s1. The summed E-state index contributed by atoms with van der Waals surface area (Å²) in [6.45, 7) is 6.90. The molecule has 0 aromatic carbocycles. The summed E-state index contributed by atoms with van der Waals surface area (Å²) in [5, 5.41) is 3.28. The van der Waals surface area contributed by atoms with Gasteiger partial charge in [0.1, 0.15) is 0 Å². The van der Waals surface area contributed by atoms with E-state index in [0.717, 1.165) is 31.1 Å². The number of morpholine rings is 1. The second-order valence-corrected chi connectivity index (χ2v) is 4.47. The summed E-state index contributed by atoms with van der Waals surface area (Å²) in [4.78, 5) is 4.49. The first-order chi connectivity index (χ1) is 9.38. The van der Waals surface area contributed by atoms with Gasteiger partial charge in [0.05, 0.1) is 43.9 Å². The minimum Gasteiger partial charge on any atom is -0.375 e. The van der Waals surface area contributed by atoms with Crippen molar-refractivity contribution in [3.8, 4) is 0 Å². The van der Waals surface area contributed by atoms with Crippen molar-refractivity contribution >= 4 is 0 Å². The van der Waals surface area contributed by atoms with Crippen molar-refractivity contribution in [3.05, 3.63) is 29.6 Å². The zero-order valence-electron chi connectivity index (χ0n) is 11.4. The highest BCUT2D eigenvalue weighted by Crippen LogP contribution is 2.04. The van der Waals surface area contributed by atoms with Gasteiger partial charge in [0.2, 0.25) is 0 Å². The Hall–Kier alpha value is -1.01. The Morgan fingerprint density at radius 1 is 1.32 bits per heavy atom. The molecule has 1 aromatic heterocycles. The highest BCUT2D eigenvalue weighted by molar-refractivity contribution is 5.09. The van der Waals surface area contributed by atoms with Crippen molar-refractivity contribution in [3.63, 3.8) is 0 Å². The normalized spacial score (nSPS) is 19.5. The molecular weight excluding hydrogens is 244 g/mol. The van der Waals surface area contributed by atoms with Gasteiger partial charge in [0, 0.05) is 19.7 Å². The van der Waals surface area contributed by atoms with Crippen LogP contribution in [0.15, 0.2) is 18.2 Å². The molecular formula is C14H22N2O3. The molecule has 106 valence electrons. The largest absolute Gasteiger partial charge is 0.375 e. The molecule has 1 aromatic rings. The minimum absolute atomic E-state index is 0.153. The fraction of sp³-hybridized carbons (Fsp3) is 0.643. The third kappa shape index (κ3) is 5.24. The van der Waals surface area contributed by atoms with Crippen molar-refractivity contribution in [1.29, 1.82) is 0 Å². The SMILES string of the molecule is CCOCc1cccc(COC[C@@H]2CNCCO2)n1. The second kappa shape index (κ2) is 8.22. The molecule has 1 aliphatic heterocycles. The van der Waals surface area contributed by atoms with Crippen LogP contribution in [0.3, 0.4) is 0 Å². The molecule has 0 amide bonds. The zero-order chi connectivity index (χ0) is 13.3. The van der Waals surface area contributed by atoms with Crippen LogP contribution in [0.2, 0.25) is 0 Å². The Labute approximate surface area is 114 Å². The lowest BCUT2D eigenvalue weighted by atomic mass is 10.3. The number of nitrogens with zero attached hydrogens (tertiary/aromatic N) is 1. The fourth-order valence-electron chi connectivity index (χ4n) is 1.92. The van der Waals surface area contributed by atoms with Crippen LogP contribution in [0, 0.1) is 0 Å². The van der Waals surface area contributed by atoms with Gasteiger partial charge in [-0.15, -0.1) is 0 Å². The number of ether oxygens (including phenoxy) is 3. The molecule has 0 radical (unpaired) electrons. The second-order valence-electron chi connectivity index (χ2n) is 4.47. The summed E-state index contributed by atoms with van der Waals surface area (Å²) in [5.41, 5.74) is 1.87. The van der Waals surface area contributed by atoms with Crippen molar-refractivity contribution in [2.45, 2.75) is 26.2 Å². The Morgan fingerprint density at radius 2 is 2.11 bits per heavy atom. The number of hydrogen-bond acceptors (Lipinski definition) is 5. The monoisotopic (exact) mass is 266 g/mol. The van der Waals surface area contributed by atoms with E-state index in [1.54, 1.807) is 0 Å². The molecule has 0 spiro atoms. The summed E-state index contributed by atoms with van der Waals surface area (Å²) in [5.74, 6) is 0. The van der Waals surface area contributed by atoms with E-state index in [-0.39, 0.29) is 6.10 Å². The quantitative estimate of drug-likeness (QED) is 0.801. The van der Waals surface area contributed by atoms with Crippen LogP contribution in [0.5, 0.6) is 0 Å². The van der Waals surface area contributed by atoms with Crippen molar-refractivity contribution < 1.29 is 14.2 Å². The molecule has 0 saturated carbocycles. The van der Waals surface area contributed by atoms with Crippen LogP contribution in [0.25, 0.3) is 0 Å². The molecule has 2 rings (SSSR count). The number of aromatic nitrogens is 1. The number of nitrogens with one attached hydrogen (secondary N) is 1. The van der Waals surface area contributed by atoms with Gasteiger partial charge in [-0.1, -0.05) is 6.07 Å². The van der Waals surface area contributed by atoms with Gasteiger partial charge in [0.25, 0.3) is 0 Å². The highest BCUT2D eigenvalue weighted by Gasteiger charge is 2.13. The van der Waals surface area contributed by atoms with Gasteiger partial charge in [-0.25, -0.2) is 0 Å². The number of rotatable bonds is 7. The summed E-state index contributed by atoms with van der Waals surface area (Å²) in [6, 6.07) is 5.92. The van der Waals surface area contributed by atoms with Crippen LogP contribution in [-0.4, -0.2) is 44.0 Å². The Balaban J connectivity index is 1.72. The van der Waals surface area contributed by atoms with Crippen molar-refractivity contribution in [2.75, 3.05) is 32.9 Å². The lowest BCUT2D eigenvalue weighted by Gasteiger charge is -2.23. The predicted molar refractivity (Wildman–Crippen MR) is 71.8 cm³/mol. The van der Waals surface area contributed by atoms with Crippen molar-refractivity contribution in [2.24, 2.45) is 0 Å². The van der Waals surface area contributed by atoms with E-state index >= 15 is 0 Å². The van der Waals surface area contributed by atoms with Gasteiger partial charge in [-0.2, -0.15) is 0 Å². The van der Waals surface area contributed by atoms with Gasteiger partial charge in [0.15, 0.2) is 0 Å². The maximum Gasteiger partial charge on any atom is 0.0933 e. The molecule has 0 unspecified atom stereocenters. The van der Waals surface area contributed by atoms with E-state index < -0.39 is 0 Å².